The molecule has 0 aromatic heterocycles. The molecule has 1 unspecified atom stereocenters. The standard InChI is InChI=1S/C14H21Cl2N/c1-5-9-17-13(14(2,3)4)10-7-6-8-11(15)12(10)16/h6-8,13,17H,5,9H2,1-4H3. The lowest BCUT2D eigenvalue weighted by atomic mass is 9.82. The van der Waals surface area contributed by atoms with Crippen LogP contribution in [0.1, 0.15) is 45.7 Å². The van der Waals surface area contributed by atoms with Crippen molar-refractivity contribution in [2.45, 2.75) is 40.2 Å². The van der Waals surface area contributed by atoms with E-state index in [4.69, 9.17) is 23.2 Å². The zero-order valence-corrected chi connectivity index (χ0v) is 12.5. The van der Waals surface area contributed by atoms with Crippen LogP contribution in [-0.2, 0) is 0 Å². The van der Waals surface area contributed by atoms with Crippen molar-refractivity contribution in [3.05, 3.63) is 33.8 Å². The van der Waals surface area contributed by atoms with Crippen molar-refractivity contribution in [1.29, 1.82) is 0 Å². The lowest BCUT2D eigenvalue weighted by Crippen LogP contribution is -2.33. The minimum atomic E-state index is 0.101. The van der Waals surface area contributed by atoms with Gasteiger partial charge in [0.2, 0.25) is 0 Å². The minimum Gasteiger partial charge on any atom is -0.309 e. The third-order valence-corrected chi connectivity index (χ3v) is 3.59. The van der Waals surface area contributed by atoms with E-state index in [1.807, 2.05) is 18.2 Å². The highest BCUT2D eigenvalue weighted by Gasteiger charge is 2.27. The van der Waals surface area contributed by atoms with E-state index in [0.717, 1.165) is 18.5 Å². The molecule has 0 bridgehead atoms. The predicted molar refractivity (Wildman–Crippen MR) is 77.0 cm³/mol. The first kappa shape index (κ1) is 14.8. The first-order chi connectivity index (χ1) is 7.88. The molecule has 0 aliphatic heterocycles. The van der Waals surface area contributed by atoms with Gasteiger partial charge in [0, 0.05) is 6.04 Å². The van der Waals surface area contributed by atoms with Gasteiger partial charge in [-0.3, -0.25) is 0 Å². The Morgan fingerprint density at radius 3 is 2.41 bits per heavy atom. The first-order valence-corrected chi connectivity index (χ1v) is 6.80. The summed E-state index contributed by atoms with van der Waals surface area (Å²) in [6.07, 6.45) is 1.10. The van der Waals surface area contributed by atoms with Crippen LogP contribution >= 0.6 is 23.2 Å². The third kappa shape index (κ3) is 3.87. The summed E-state index contributed by atoms with van der Waals surface area (Å²) < 4.78 is 0. The van der Waals surface area contributed by atoms with Gasteiger partial charge in [-0.2, -0.15) is 0 Å². The van der Waals surface area contributed by atoms with Crippen molar-refractivity contribution in [1.82, 2.24) is 5.32 Å². The molecule has 0 saturated carbocycles. The number of hydrogen-bond donors (Lipinski definition) is 1. The van der Waals surface area contributed by atoms with Crippen molar-refractivity contribution >= 4 is 23.2 Å². The average Bonchev–Trinajstić information content (AvgIpc) is 2.22. The number of halogens is 2. The van der Waals surface area contributed by atoms with Crippen molar-refractivity contribution in [3.8, 4) is 0 Å². The van der Waals surface area contributed by atoms with Crippen molar-refractivity contribution in [2.24, 2.45) is 5.41 Å². The maximum Gasteiger partial charge on any atom is 0.0640 e. The Hall–Kier alpha value is -0.240. The molecule has 0 aliphatic carbocycles. The van der Waals surface area contributed by atoms with Gasteiger partial charge in [0.05, 0.1) is 10.0 Å². The molecular weight excluding hydrogens is 253 g/mol. The molecule has 0 radical (unpaired) electrons. The van der Waals surface area contributed by atoms with E-state index in [-0.39, 0.29) is 11.5 Å². The van der Waals surface area contributed by atoms with Crippen LogP contribution in [0.5, 0.6) is 0 Å². The molecule has 1 aromatic rings. The second-order valence-corrected chi connectivity index (χ2v) is 6.18. The fraction of sp³-hybridized carbons (Fsp3) is 0.571. The molecule has 0 saturated heterocycles. The molecule has 1 rings (SSSR count). The van der Waals surface area contributed by atoms with Crippen LogP contribution < -0.4 is 5.32 Å². The van der Waals surface area contributed by atoms with Crippen LogP contribution in [0.3, 0.4) is 0 Å². The monoisotopic (exact) mass is 273 g/mol. The maximum atomic E-state index is 6.30. The zero-order valence-electron chi connectivity index (χ0n) is 11.0. The second-order valence-electron chi connectivity index (χ2n) is 5.40. The number of hydrogen-bond acceptors (Lipinski definition) is 1. The Balaban J connectivity index is 3.09. The van der Waals surface area contributed by atoms with E-state index in [0.29, 0.717) is 10.0 Å². The van der Waals surface area contributed by atoms with Crippen LogP contribution in [0.15, 0.2) is 18.2 Å². The molecule has 0 spiro atoms. The number of rotatable bonds is 4. The van der Waals surface area contributed by atoms with Crippen LogP contribution in [0.2, 0.25) is 10.0 Å². The Morgan fingerprint density at radius 2 is 1.88 bits per heavy atom. The van der Waals surface area contributed by atoms with Gasteiger partial charge in [-0.05, 0) is 30.0 Å². The van der Waals surface area contributed by atoms with E-state index in [1.54, 1.807) is 0 Å². The van der Waals surface area contributed by atoms with Crippen LogP contribution in [-0.4, -0.2) is 6.54 Å². The van der Waals surface area contributed by atoms with Gasteiger partial charge in [-0.15, -0.1) is 0 Å². The highest BCUT2D eigenvalue weighted by Crippen LogP contribution is 2.38. The molecule has 0 fully saturated rings. The summed E-state index contributed by atoms with van der Waals surface area (Å²) in [4.78, 5) is 0. The molecule has 1 N–H and O–H groups in total. The molecule has 3 heteroatoms. The van der Waals surface area contributed by atoms with Crippen molar-refractivity contribution in [2.75, 3.05) is 6.54 Å². The average molecular weight is 274 g/mol. The van der Waals surface area contributed by atoms with Gasteiger partial charge >= 0.3 is 0 Å². The minimum absolute atomic E-state index is 0.101. The van der Waals surface area contributed by atoms with Gasteiger partial charge in [0.25, 0.3) is 0 Å². The molecule has 0 aliphatic rings. The second kappa shape index (κ2) is 6.08. The predicted octanol–water partition coefficient (Wildman–Crippen LogP) is 5.08. The lowest BCUT2D eigenvalue weighted by Gasteiger charge is -2.33. The van der Waals surface area contributed by atoms with Gasteiger partial charge in [0.1, 0.15) is 0 Å². The van der Waals surface area contributed by atoms with E-state index < -0.39 is 0 Å². The normalized spacial score (nSPS) is 13.8. The first-order valence-electron chi connectivity index (χ1n) is 6.05. The van der Waals surface area contributed by atoms with Crippen LogP contribution in [0, 0.1) is 5.41 Å². The molecule has 1 nitrogen and oxygen atoms in total. The Kier molecular flexibility index (Phi) is 5.30. The van der Waals surface area contributed by atoms with Gasteiger partial charge in [-0.1, -0.05) is 63.0 Å². The fourth-order valence-corrected chi connectivity index (χ4v) is 2.33. The van der Waals surface area contributed by atoms with Crippen LogP contribution in [0.25, 0.3) is 0 Å². The molecule has 17 heavy (non-hydrogen) atoms. The van der Waals surface area contributed by atoms with Gasteiger partial charge < -0.3 is 5.32 Å². The summed E-state index contributed by atoms with van der Waals surface area (Å²) in [5.41, 5.74) is 1.18. The van der Waals surface area contributed by atoms with Crippen molar-refractivity contribution < 1.29 is 0 Å². The van der Waals surface area contributed by atoms with E-state index in [1.165, 1.54) is 0 Å². The summed E-state index contributed by atoms with van der Waals surface area (Å²) in [7, 11) is 0. The smallest absolute Gasteiger partial charge is 0.0640 e. The lowest BCUT2D eigenvalue weighted by molar-refractivity contribution is 0.273. The molecule has 96 valence electrons. The molecule has 1 aromatic carbocycles. The Labute approximate surface area is 115 Å². The van der Waals surface area contributed by atoms with E-state index >= 15 is 0 Å². The largest absolute Gasteiger partial charge is 0.309 e. The molecule has 0 amide bonds. The molecule has 0 heterocycles. The van der Waals surface area contributed by atoms with E-state index in [9.17, 15) is 0 Å². The maximum absolute atomic E-state index is 6.30. The summed E-state index contributed by atoms with van der Waals surface area (Å²) in [5.74, 6) is 0. The number of benzene rings is 1. The Bertz CT molecular complexity index is 369. The SMILES string of the molecule is CCCNC(c1cccc(Cl)c1Cl)C(C)(C)C. The van der Waals surface area contributed by atoms with E-state index in [2.05, 4.69) is 33.0 Å². The molecular formula is C14H21Cl2N. The third-order valence-electron chi connectivity index (χ3n) is 2.76. The van der Waals surface area contributed by atoms with Crippen LogP contribution in [0.4, 0.5) is 0 Å². The molecule has 1 atom stereocenters. The summed E-state index contributed by atoms with van der Waals surface area (Å²) in [6.45, 7) is 9.75. The highest BCUT2D eigenvalue weighted by molar-refractivity contribution is 6.42. The zero-order chi connectivity index (χ0) is 13.1. The highest BCUT2D eigenvalue weighted by atomic mass is 35.5. The van der Waals surface area contributed by atoms with Gasteiger partial charge in [0.15, 0.2) is 0 Å². The summed E-state index contributed by atoms with van der Waals surface area (Å²) in [6, 6.07) is 6.05. The van der Waals surface area contributed by atoms with Gasteiger partial charge in [-0.25, -0.2) is 0 Å². The Morgan fingerprint density at radius 1 is 1.24 bits per heavy atom. The quantitative estimate of drug-likeness (QED) is 0.807. The topological polar surface area (TPSA) is 12.0 Å². The summed E-state index contributed by atoms with van der Waals surface area (Å²) in [5, 5.41) is 4.84. The van der Waals surface area contributed by atoms with Crippen molar-refractivity contribution in [3.63, 3.8) is 0 Å². The number of nitrogens with one attached hydrogen (secondary N) is 1. The summed E-state index contributed by atoms with van der Waals surface area (Å²) >= 11 is 12.4. The fourth-order valence-electron chi connectivity index (χ4n) is 1.91.